The molecule has 0 fully saturated rings. The maximum Gasteiger partial charge on any atom is 0.323 e. The minimum absolute atomic E-state index is 0.0917. The van der Waals surface area contributed by atoms with E-state index in [9.17, 15) is 39.6 Å². The first-order chi connectivity index (χ1) is 25.6. The molecule has 11 nitrogen and oxygen atoms in total. The summed E-state index contributed by atoms with van der Waals surface area (Å²) in [5.74, 6) is -4.94. The van der Waals surface area contributed by atoms with E-state index in [1.165, 1.54) is 76.3 Å². The summed E-state index contributed by atoms with van der Waals surface area (Å²) in [4.78, 5) is 50.0. The van der Waals surface area contributed by atoms with Crippen molar-refractivity contribution in [1.82, 2.24) is 4.90 Å². The number of benzene rings is 2. The molecule has 0 spiro atoms. The number of hydrogen-bond acceptors (Lipinski definition) is 8. The van der Waals surface area contributed by atoms with Gasteiger partial charge in [0, 0.05) is 0 Å². The third-order valence-corrected chi connectivity index (χ3v) is 9.42. The van der Waals surface area contributed by atoms with Gasteiger partial charge in [-0.3, -0.25) is 19.2 Å². The van der Waals surface area contributed by atoms with Gasteiger partial charge in [-0.15, -0.1) is 0 Å². The largest absolute Gasteiger partial charge is 0.504 e. The van der Waals surface area contributed by atoms with Gasteiger partial charge in [-0.05, 0) is 68.4 Å². The molecule has 1 atom stereocenters. The molecule has 0 aliphatic carbocycles. The van der Waals surface area contributed by atoms with E-state index in [1.54, 1.807) is 24.3 Å². The Hall–Kier alpha value is -4.28. The Labute approximate surface area is 315 Å². The minimum Gasteiger partial charge on any atom is -0.504 e. The molecule has 0 aromatic heterocycles. The summed E-state index contributed by atoms with van der Waals surface area (Å²) in [7, 11) is 0. The molecule has 0 saturated heterocycles. The molecule has 296 valence electrons. The Bertz CT molecular complexity index is 1380. The molecule has 53 heavy (non-hydrogen) atoms. The van der Waals surface area contributed by atoms with Crippen molar-refractivity contribution in [2.75, 3.05) is 19.7 Å². The lowest BCUT2D eigenvalue weighted by Gasteiger charge is -2.22. The average molecular weight is 742 g/mol. The van der Waals surface area contributed by atoms with Crippen LogP contribution in [-0.2, 0) is 20.8 Å². The fourth-order valence-corrected chi connectivity index (χ4v) is 6.32. The maximum absolute atomic E-state index is 13.5. The van der Waals surface area contributed by atoms with Gasteiger partial charge in [0.1, 0.15) is 24.6 Å². The SMILES string of the molecule is CCCCCCCCCCCCCCCC(CC)Oc1ccc(OCCCCCCc2cccc(O)c2O)cc1C(=O)C(=O)N(CC(=O)O)CC(=O)O. The molecule has 0 saturated carbocycles. The van der Waals surface area contributed by atoms with Crippen LogP contribution in [0.25, 0.3) is 0 Å². The van der Waals surface area contributed by atoms with Gasteiger partial charge in [-0.1, -0.05) is 116 Å². The second kappa shape index (κ2) is 26.5. The molecule has 11 heteroatoms. The second-order valence-electron chi connectivity index (χ2n) is 13.9. The first-order valence-electron chi connectivity index (χ1n) is 19.8. The van der Waals surface area contributed by atoms with Crippen LogP contribution in [0.15, 0.2) is 36.4 Å². The second-order valence-corrected chi connectivity index (χ2v) is 13.9. The topological polar surface area (TPSA) is 171 Å². The van der Waals surface area contributed by atoms with Crippen LogP contribution in [0.5, 0.6) is 23.0 Å². The van der Waals surface area contributed by atoms with E-state index in [4.69, 9.17) is 9.47 Å². The molecule has 1 unspecified atom stereocenters. The highest BCUT2D eigenvalue weighted by Gasteiger charge is 2.30. The highest BCUT2D eigenvalue weighted by atomic mass is 16.5. The summed E-state index contributed by atoms with van der Waals surface area (Å²) in [6.07, 6.45) is 21.3. The summed E-state index contributed by atoms with van der Waals surface area (Å²) in [5, 5.41) is 38.2. The third kappa shape index (κ3) is 18.4. The van der Waals surface area contributed by atoms with Crippen molar-refractivity contribution in [3.63, 3.8) is 0 Å². The summed E-state index contributed by atoms with van der Waals surface area (Å²) < 4.78 is 12.2. The Morgan fingerprint density at radius 2 is 1.26 bits per heavy atom. The van der Waals surface area contributed by atoms with Crippen molar-refractivity contribution in [2.45, 2.75) is 148 Å². The van der Waals surface area contributed by atoms with Gasteiger partial charge in [-0.25, -0.2) is 0 Å². The van der Waals surface area contributed by atoms with Crippen LogP contribution >= 0.6 is 0 Å². The number of nitrogens with zero attached hydrogens (tertiary/aromatic N) is 1. The number of carbonyl (C=O) groups excluding carboxylic acids is 2. The van der Waals surface area contributed by atoms with E-state index in [2.05, 4.69) is 6.92 Å². The van der Waals surface area contributed by atoms with Crippen molar-refractivity contribution in [3.8, 4) is 23.0 Å². The highest BCUT2D eigenvalue weighted by Crippen LogP contribution is 2.30. The van der Waals surface area contributed by atoms with Gasteiger partial charge in [0.15, 0.2) is 11.5 Å². The molecule has 2 aromatic rings. The predicted molar refractivity (Wildman–Crippen MR) is 205 cm³/mol. The lowest BCUT2D eigenvalue weighted by molar-refractivity contribution is -0.147. The van der Waals surface area contributed by atoms with Crippen molar-refractivity contribution >= 4 is 23.6 Å². The van der Waals surface area contributed by atoms with Gasteiger partial charge in [-0.2, -0.15) is 0 Å². The molecule has 2 rings (SSSR count). The standard InChI is InChI=1S/C42H63NO10/c1-3-5-6-7-8-9-10-11-12-13-14-15-19-24-33(4-2)53-37-27-26-34(29-35(37)41(50)42(51)43(30-38(45)46)31-39(47)48)52-28-20-17-16-18-22-32-23-21-25-36(44)40(32)49/h21,23,25-27,29,33,44,49H,3-20,22,24,28,30-31H2,1-2H3,(H,45,46)(H,47,48). The number of Topliss-reactive ketones (excluding diaryl/α,β-unsaturated/α-hetero) is 1. The molecule has 1 amide bonds. The van der Waals surface area contributed by atoms with Gasteiger partial charge in [0.25, 0.3) is 11.7 Å². The Kier molecular flexibility index (Phi) is 22.4. The molecule has 0 aliphatic heterocycles. The molecule has 0 heterocycles. The lowest BCUT2D eigenvalue weighted by atomic mass is 10.0. The zero-order valence-corrected chi connectivity index (χ0v) is 32.0. The maximum atomic E-state index is 13.5. The van der Waals surface area contributed by atoms with Gasteiger partial charge in [0.05, 0.1) is 18.3 Å². The molecule has 0 bridgehead atoms. The van der Waals surface area contributed by atoms with Gasteiger partial charge in [0.2, 0.25) is 0 Å². The number of para-hydroxylation sites is 1. The zero-order chi connectivity index (χ0) is 38.8. The third-order valence-electron chi connectivity index (χ3n) is 9.42. The number of carbonyl (C=O) groups is 4. The number of unbranched alkanes of at least 4 members (excludes halogenated alkanes) is 15. The molecule has 4 N–H and O–H groups in total. The molecule has 0 aliphatic rings. The van der Waals surface area contributed by atoms with Crippen molar-refractivity contribution in [3.05, 3.63) is 47.5 Å². The number of ketones is 1. The number of rotatable bonds is 31. The lowest BCUT2D eigenvalue weighted by Crippen LogP contribution is -2.43. The van der Waals surface area contributed by atoms with Crippen molar-refractivity contribution in [2.24, 2.45) is 0 Å². The van der Waals surface area contributed by atoms with Crippen LogP contribution in [0, 0.1) is 0 Å². The predicted octanol–water partition coefficient (Wildman–Crippen LogP) is 9.10. The fourth-order valence-electron chi connectivity index (χ4n) is 6.32. The number of phenolic OH excluding ortho intramolecular Hbond substituents is 2. The van der Waals surface area contributed by atoms with Crippen LogP contribution in [0.4, 0.5) is 0 Å². The van der Waals surface area contributed by atoms with Gasteiger partial charge >= 0.3 is 11.9 Å². The Morgan fingerprint density at radius 1 is 0.698 bits per heavy atom. The summed E-state index contributed by atoms with van der Waals surface area (Å²) >= 11 is 0. The Balaban J connectivity index is 1.96. The number of carboxylic acids is 2. The van der Waals surface area contributed by atoms with E-state index < -0.39 is 36.7 Å². The van der Waals surface area contributed by atoms with Gasteiger partial charge < -0.3 is 34.8 Å². The fraction of sp³-hybridized carbons (Fsp3) is 0.619. The Morgan fingerprint density at radius 3 is 1.85 bits per heavy atom. The van der Waals surface area contributed by atoms with E-state index >= 15 is 0 Å². The number of aryl methyl sites for hydroxylation is 1. The molecule has 2 aromatic carbocycles. The number of phenols is 2. The first-order valence-corrected chi connectivity index (χ1v) is 19.8. The highest BCUT2D eigenvalue weighted by molar-refractivity contribution is 6.43. The normalized spacial score (nSPS) is 11.6. The summed E-state index contributed by atoms with van der Waals surface area (Å²) in [6.45, 7) is 2.69. The number of ether oxygens (including phenoxy) is 2. The zero-order valence-electron chi connectivity index (χ0n) is 32.0. The molecule has 0 radical (unpaired) electrons. The van der Waals surface area contributed by atoms with Crippen LogP contribution in [0.3, 0.4) is 0 Å². The van der Waals surface area contributed by atoms with E-state index in [0.717, 1.165) is 44.9 Å². The van der Waals surface area contributed by atoms with Crippen molar-refractivity contribution in [1.29, 1.82) is 0 Å². The number of aliphatic carboxylic acids is 2. The van der Waals surface area contributed by atoms with Crippen molar-refractivity contribution < 1.29 is 49.1 Å². The summed E-state index contributed by atoms with van der Waals surface area (Å²) in [5.41, 5.74) is 0.582. The van der Waals surface area contributed by atoms with E-state index in [-0.39, 0.29) is 28.9 Å². The number of hydrogen-bond donors (Lipinski definition) is 4. The smallest absolute Gasteiger partial charge is 0.323 e. The average Bonchev–Trinajstić information content (AvgIpc) is 3.13. The summed E-state index contributed by atoms with van der Waals surface area (Å²) in [6, 6.07) is 9.54. The van der Waals surface area contributed by atoms with Crippen LogP contribution in [0.2, 0.25) is 0 Å². The number of amides is 1. The quantitative estimate of drug-likeness (QED) is 0.0253. The van der Waals surface area contributed by atoms with Crippen LogP contribution in [0.1, 0.15) is 152 Å². The monoisotopic (exact) mass is 741 g/mol. The van der Waals surface area contributed by atoms with E-state index in [0.29, 0.717) is 42.1 Å². The molecular formula is C42H63NO10. The van der Waals surface area contributed by atoms with E-state index in [1.807, 2.05) is 6.92 Å². The molecular weight excluding hydrogens is 678 g/mol. The number of aromatic hydroxyl groups is 2. The van der Waals surface area contributed by atoms with Crippen LogP contribution in [-0.4, -0.2) is 74.8 Å². The number of carboxylic acid groups (broad SMARTS) is 2. The first kappa shape index (κ1) is 44.9. The minimum atomic E-state index is -1.44. The van der Waals surface area contributed by atoms with Crippen LogP contribution < -0.4 is 9.47 Å².